The van der Waals surface area contributed by atoms with Gasteiger partial charge in [0, 0.05) is 18.7 Å². The van der Waals surface area contributed by atoms with E-state index in [2.05, 4.69) is 10.9 Å². The maximum atomic E-state index is 12.8. The van der Waals surface area contributed by atoms with Gasteiger partial charge in [-0.05, 0) is 48.2 Å². The number of ether oxygens (including phenoxy) is 2. The van der Waals surface area contributed by atoms with Gasteiger partial charge in [0.15, 0.2) is 6.61 Å². The van der Waals surface area contributed by atoms with Crippen LogP contribution in [0.4, 0.5) is 0 Å². The molecule has 2 amide bonds. The van der Waals surface area contributed by atoms with Crippen LogP contribution >= 0.6 is 0 Å². The molecule has 33 heavy (non-hydrogen) atoms. The topological polar surface area (TPSA) is 114 Å². The van der Waals surface area contributed by atoms with Crippen molar-refractivity contribution in [2.24, 2.45) is 0 Å². The fourth-order valence-corrected chi connectivity index (χ4v) is 4.81. The Morgan fingerprint density at radius 2 is 1.82 bits per heavy atom. The highest BCUT2D eigenvalue weighted by molar-refractivity contribution is 7.89. The Balaban J connectivity index is 1.58. The van der Waals surface area contributed by atoms with E-state index in [4.69, 9.17) is 9.47 Å². The van der Waals surface area contributed by atoms with E-state index in [0.29, 0.717) is 19.0 Å². The molecule has 2 aromatic carbocycles. The summed E-state index contributed by atoms with van der Waals surface area (Å²) >= 11 is 0. The molecule has 0 saturated carbocycles. The molecule has 1 aliphatic heterocycles. The van der Waals surface area contributed by atoms with Crippen molar-refractivity contribution in [3.05, 3.63) is 59.2 Å². The molecular weight excluding hydrogens is 446 g/mol. The number of benzene rings is 2. The van der Waals surface area contributed by atoms with Crippen molar-refractivity contribution in [1.29, 1.82) is 0 Å². The summed E-state index contributed by atoms with van der Waals surface area (Å²) in [6.07, 6.45) is 0. The van der Waals surface area contributed by atoms with E-state index in [1.165, 1.54) is 28.6 Å². The molecule has 0 aromatic heterocycles. The number of morpholine rings is 1. The van der Waals surface area contributed by atoms with Crippen LogP contribution in [0.2, 0.25) is 0 Å². The molecule has 1 aliphatic rings. The van der Waals surface area contributed by atoms with E-state index in [1.54, 1.807) is 0 Å². The zero-order valence-electron chi connectivity index (χ0n) is 19.0. The van der Waals surface area contributed by atoms with Crippen molar-refractivity contribution in [3.8, 4) is 5.75 Å². The highest BCUT2D eigenvalue weighted by Gasteiger charge is 2.27. The Bertz CT molecular complexity index is 1110. The first-order valence-corrected chi connectivity index (χ1v) is 12.1. The zero-order valence-corrected chi connectivity index (χ0v) is 19.8. The fourth-order valence-electron chi connectivity index (χ4n) is 3.36. The number of hydrogen-bond donors (Lipinski definition) is 2. The summed E-state index contributed by atoms with van der Waals surface area (Å²) in [5.74, 6) is -0.339. The quantitative estimate of drug-likeness (QED) is 0.592. The predicted molar refractivity (Wildman–Crippen MR) is 122 cm³/mol. The number of hydrogen-bond acceptors (Lipinski definition) is 6. The van der Waals surface area contributed by atoms with E-state index in [0.717, 1.165) is 11.1 Å². The number of carbonyl (C=O) groups is 2. The second-order valence-corrected chi connectivity index (χ2v) is 9.97. The second-order valence-electron chi connectivity index (χ2n) is 8.03. The normalized spacial score (nSPS) is 14.7. The van der Waals surface area contributed by atoms with Gasteiger partial charge in [0.05, 0.1) is 18.1 Å². The molecule has 3 rings (SSSR count). The number of sulfonamides is 1. The average Bonchev–Trinajstić information content (AvgIpc) is 2.81. The van der Waals surface area contributed by atoms with Crippen LogP contribution in [0.5, 0.6) is 5.75 Å². The van der Waals surface area contributed by atoms with E-state index in [-0.39, 0.29) is 36.1 Å². The molecule has 1 fully saturated rings. The van der Waals surface area contributed by atoms with E-state index < -0.39 is 21.8 Å². The van der Waals surface area contributed by atoms with Gasteiger partial charge in [0.2, 0.25) is 10.0 Å². The van der Waals surface area contributed by atoms with Crippen molar-refractivity contribution in [3.63, 3.8) is 0 Å². The predicted octanol–water partition coefficient (Wildman–Crippen LogP) is 1.98. The minimum atomic E-state index is -3.74. The smallest absolute Gasteiger partial charge is 0.276 e. The molecule has 9 nitrogen and oxygen atoms in total. The van der Waals surface area contributed by atoms with Gasteiger partial charge in [-0.3, -0.25) is 20.4 Å². The third-order valence-electron chi connectivity index (χ3n) is 5.17. The van der Waals surface area contributed by atoms with Gasteiger partial charge in [-0.25, -0.2) is 8.42 Å². The van der Waals surface area contributed by atoms with Crippen molar-refractivity contribution in [2.75, 3.05) is 32.9 Å². The molecule has 0 aliphatic carbocycles. The van der Waals surface area contributed by atoms with E-state index in [9.17, 15) is 18.0 Å². The molecule has 10 heteroatoms. The Morgan fingerprint density at radius 1 is 1.09 bits per heavy atom. The monoisotopic (exact) mass is 475 g/mol. The lowest BCUT2D eigenvalue weighted by Crippen LogP contribution is -2.44. The lowest BCUT2D eigenvalue weighted by Gasteiger charge is -2.26. The summed E-state index contributed by atoms with van der Waals surface area (Å²) in [4.78, 5) is 24.7. The summed E-state index contributed by atoms with van der Waals surface area (Å²) in [6, 6.07) is 11.5. The van der Waals surface area contributed by atoms with Crippen molar-refractivity contribution in [1.82, 2.24) is 15.2 Å². The van der Waals surface area contributed by atoms with Gasteiger partial charge in [-0.1, -0.05) is 32.0 Å². The van der Waals surface area contributed by atoms with Crippen LogP contribution in [-0.2, 0) is 19.6 Å². The minimum Gasteiger partial charge on any atom is -0.483 e. The van der Waals surface area contributed by atoms with Crippen LogP contribution in [0.3, 0.4) is 0 Å². The van der Waals surface area contributed by atoms with Gasteiger partial charge in [-0.2, -0.15) is 4.31 Å². The molecule has 2 aromatic rings. The van der Waals surface area contributed by atoms with Crippen molar-refractivity contribution >= 4 is 21.8 Å². The number of hydrazine groups is 1. The van der Waals surface area contributed by atoms with Crippen LogP contribution in [0, 0.1) is 6.92 Å². The first-order chi connectivity index (χ1) is 15.7. The average molecular weight is 476 g/mol. The number of amides is 2. The molecule has 0 bridgehead atoms. The Morgan fingerprint density at radius 3 is 2.52 bits per heavy atom. The van der Waals surface area contributed by atoms with Crippen LogP contribution in [0.15, 0.2) is 47.4 Å². The summed E-state index contributed by atoms with van der Waals surface area (Å²) < 4.78 is 37.8. The Hall–Kier alpha value is -2.95. The van der Waals surface area contributed by atoms with Crippen molar-refractivity contribution < 1.29 is 27.5 Å². The highest BCUT2D eigenvalue weighted by Crippen LogP contribution is 2.27. The summed E-state index contributed by atoms with van der Waals surface area (Å²) in [5, 5.41) is 0. The van der Waals surface area contributed by atoms with Gasteiger partial charge >= 0.3 is 0 Å². The first kappa shape index (κ1) is 24.7. The number of nitrogens with zero attached hydrogens (tertiary/aromatic N) is 1. The maximum absolute atomic E-state index is 12.8. The summed E-state index contributed by atoms with van der Waals surface area (Å²) in [7, 11) is -3.74. The van der Waals surface area contributed by atoms with Gasteiger partial charge in [-0.15, -0.1) is 0 Å². The van der Waals surface area contributed by atoms with Gasteiger partial charge in [0.1, 0.15) is 5.75 Å². The van der Waals surface area contributed by atoms with E-state index >= 15 is 0 Å². The maximum Gasteiger partial charge on any atom is 0.276 e. The molecular formula is C23H29N3O6S. The first-order valence-electron chi connectivity index (χ1n) is 10.7. The largest absolute Gasteiger partial charge is 0.483 e. The number of aryl methyl sites for hydroxylation is 1. The molecule has 178 valence electrons. The van der Waals surface area contributed by atoms with E-state index in [1.807, 2.05) is 39.0 Å². The minimum absolute atomic E-state index is 0.00683. The number of carbonyl (C=O) groups excluding carboxylic acids is 2. The van der Waals surface area contributed by atoms with Crippen LogP contribution in [0.25, 0.3) is 0 Å². The molecule has 2 N–H and O–H groups in total. The summed E-state index contributed by atoms with van der Waals surface area (Å²) in [5.41, 5.74) is 6.69. The lowest BCUT2D eigenvalue weighted by molar-refractivity contribution is -0.123. The van der Waals surface area contributed by atoms with Crippen LogP contribution < -0.4 is 15.6 Å². The fraction of sp³-hybridized carbons (Fsp3) is 0.391. The van der Waals surface area contributed by atoms with Crippen molar-refractivity contribution in [2.45, 2.75) is 31.6 Å². The summed E-state index contributed by atoms with van der Waals surface area (Å²) in [6.45, 7) is 6.89. The molecule has 0 spiro atoms. The molecule has 0 radical (unpaired) electrons. The molecule has 1 heterocycles. The number of rotatable bonds is 7. The molecule has 1 saturated heterocycles. The number of nitrogens with one attached hydrogen (secondary N) is 2. The Kier molecular flexibility index (Phi) is 8.06. The third-order valence-corrected chi connectivity index (χ3v) is 7.06. The molecule has 0 atom stereocenters. The second kappa shape index (κ2) is 10.8. The SMILES string of the molecule is Cc1ccc(C(C)C)c(OCC(=O)NNC(=O)c2cccc(S(=O)(=O)N3CCOCC3)c2)c1. The highest BCUT2D eigenvalue weighted by atomic mass is 32.2. The third kappa shape index (κ3) is 6.31. The van der Waals surface area contributed by atoms with Gasteiger partial charge in [0.25, 0.3) is 11.8 Å². The zero-order chi connectivity index (χ0) is 24.0. The molecule has 0 unspecified atom stereocenters. The van der Waals surface area contributed by atoms with Crippen LogP contribution in [-0.4, -0.2) is 57.4 Å². The lowest BCUT2D eigenvalue weighted by atomic mass is 10.0. The Labute approximate surface area is 194 Å². The standard InChI is InChI=1S/C23H29N3O6S/c1-16(2)20-8-7-17(3)13-21(20)32-15-22(27)24-25-23(28)18-5-4-6-19(14-18)33(29,30)26-9-11-31-12-10-26/h4-8,13-14,16H,9-12,15H2,1-3H3,(H,24,27)(H,25,28). The van der Waals surface area contributed by atoms with Crippen LogP contribution in [0.1, 0.15) is 41.3 Å². The van der Waals surface area contributed by atoms with Gasteiger partial charge < -0.3 is 9.47 Å².